The van der Waals surface area contributed by atoms with Crippen LogP contribution in [0.2, 0.25) is 0 Å². The van der Waals surface area contributed by atoms with Crippen molar-refractivity contribution in [3.05, 3.63) is 42.6 Å². The first-order chi connectivity index (χ1) is 11.6. The van der Waals surface area contributed by atoms with E-state index in [-0.39, 0.29) is 5.92 Å². The van der Waals surface area contributed by atoms with Gasteiger partial charge in [-0.1, -0.05) is 19.4 Å². The number of carboxylic acids is 1. The third-order valence-corrected chi connectivity index (χ3v) is 5.09. The monoisotopic (exact) mass is 328 g/mol. The molecule has 0 radical (unpaired) electrons. The molecule has 0 bridgehead atoms. The van der Waals surface area contributed by atoms with E-state index in [9.17, 15) is 9.90 Å². The SMILES string of the molecule is CCC[C@H](CN)C[C@H]1C[C@]1(C(=O)O)c1cn(-c2ccccn2)cn1. The molecule has 3 N–H and O–H groups in total. The van der Waals surface area contributed by atoms with Gasteiger partial charge in [-0.3, -0.25) is 9.36 Å². The lowest BCUT2D eigenvalue weighted by atomic mass is 9.91. The zero-order chi connectivity index (χ0) is 17.2. The number of carbonyl (C=O) groups is 1. The van der Waals surface area contributed by atoms with Gasteiger partial charge in [0.25, 0.3) is 0 Å². The second-order valence-corrected chi connectivity index (χ2v) is 6.66. The molecule has 3 atom stereocenters. The Hall–Kier alpha value is -2.21. The van der Waals surface area contributed by atoms with E-state index >= 15 is 0 Å². The van der Waals surface area contributed by atoms with Crippen molar-refractivity contribution in [1.29, 1.82) is 0 Å². The summed E-state index contributed by atoms with van der Waals surface area (Å²) in [5.74, 6) is 0.451. The number of carboxylic acid groups (broad SMARTS) is 1. The van der Waals surface area contributed by atoms with Gasteiger partial charge in [-0.05, 0) is 49.8 Å². The topological polar surface area (TPSA) is 94.0 Å². The van der Waals surface area contributed by atoms with Crippen LogP contribution in [0.15, 0.2) is 36.9 Å². The number of rotatable bonds is 8. The zero-order valence-electron chi connectivity index (χ0n) is 13.9. The van der Waals surface area contributed by atoms with Gasteiger partial charge in [0.15, 0.2) is 0 Å². The number of imidazole rings is 1. The first-order valence-electron chi connectivity index (χ1n) is 8.51. The van der Waals surface area contributed by atoms with E-state index < -0.39 is 11.4 Å². The fourth-order valence-corrected chi connectivity index (χ4v) is 3.63. The summed E-state index contributed by atoms with van der Waals surface area (Å²) in [7, 11) is 0. The van der Waals surface area contributed by atoms with Gasteiger partial charge in [0.1, 0.15) is 17.6 Å². The molecular formula is C18H24N4O2. The van der Waals surface area contributed by atoms with Crippen LogP contribution in [-0.4, -0.2) is 32.2 Å². The Morgan fingerprint density at radius 1 is 1.50 bits per heavy atom. The smallest absolute Gasteiger partial charge is 0.316 e. The maximum Gasteiger partial charge on any atom is 0.316 e. The fraction of sp³-hybridized carbons (Fsp3) is 0.500. The van der Waals surface area contributed by atoms with Gasteiger partial charge in [0.2, 0.25) is 0 Å². The van der Waals surface area contributed by atoms with Crippen molar-refractivity contribution < 1.29 is 9.90 Å². The van der Waals surface area contributed by atoms with Crippen LogP contribution in [0.25, 0.3) is 5.82 Å². The highest BCUT2D eigenvalue weighted by Gasteiger charge is 2.63. The highest BCUT2D eigenvalue weighted by molar-refractivity contribution is 5.85. The standard InChI is InChI=1S/C18H24N4O2/c1-2-5-13(10-19)8-14-9-18(14,17(23)24)15-11-22(12-21-15)16-6-3-4-7-20-16/h3-4,6-7,11-14H,2,5,8-10,19H2,1H3,(H,23,24)/t13-,14-,18+/m0/s1. The Kier molecular flexibility index (Phi) is 4.66. The van der Waals surface area contributed by atoms with Crippen LogP contribution in [0, 0.1) is 11.8 Å². The van der Waals surface area contributed by atoms with E-state index in [0.717, 1.165) is 25.1 Å². The second kappa shape index (κ2) is 6.73. The Bertz CT molecular complexity index is 700. The Balaban J connectivity index is 1.81. The molecule has 6 nitrogen and oxygen atoms in total. The van der Waals surface area contributed by atoms with E-state index in [1.54, 1.807) is 23.3 Å². The molecule has 0 amide bonds. The van der Waals surface area contributed by atoms with Crippen molar-refractivity contribution in [2.45, 2.75) is 38.0 Å². The molecule has 1 aliphatic rings. The molecule has 6 heteroatoms. The Morgan fingerprint density at radius 3 is 2.96 bits per heavy atom. The van der Waals surface area contributed by atoms with Crippen LogP contribution in [-0.2, 0) is 10.2 Å². The number of hydrogen-bond acceptors (Lipinski definition) is 4. The van der Waals surface area contributed by atoms with E-state index in [2.05, 4.69) is 16.9 Å². The number of aliphatic carboxylic acids is 1. The largest absolute Gasteiger partial charge is 0.481 e. The summed E-state index contributed by atoms with van der Waals surface area (Å²) >= 11 is 0. The van der Waals surface area contributed by atoms with Crippen LogP contribution in [0.1, 0.15) is 38.3 Å². The minimum atomic E-state index is -0.860. The van der Waals surface area contributed by atoms with Crippen molar-refractivity contribution in [2.24, 2.45) is 17.6 Å². The molecule has 0 saturated heterocycles. The number of nitrogens with zero attached hydrogens (tertiary/aromatic N) is 3. The Labute approximate surface area is 141 Å². The van der Waals surface area contributed by atoms with Crippen molar-refractivity contribution in [2.75, 3.05) is 6.54 Å². The highest BCUT2D eigenvalue weighted by Crippen LogP contribution is 2.57. The summed E-state index contributed by atoms with van der Waals surface area (Å²) in [5.41, 5.74) is 5.61. The van der Waals surface area contributed by atoms with E-state index in [0.29, 0.717) is 24.6 Å². The summed E-state index contributed by atoms with van der Waals surface area (Å²) in [5, 5.41) is 9.83. The predicted molar refractivity (Wildman–Crippen MR) is 90.8 cm³/mol. The number of pyridine rings is 1. The lowest BCUT2D eigenvalue weighted by Gasteiger charge is -2.15. The fourth-order valence-electron chi connectivity index (χ4n) is 3.63. The van der Waals surface area contributed by atoms with Gasteiger partial charge < -0.3 is 10.8 Å². The molecule has 2 aromatic heterocycles. The van der Waals surface area contributed by atoms with Crippen molar-refractivity contribution in [3.8, 4) is 5.82 Å². The molecule has 1 saturated carbocycles. The lowest BCUT2D eigenvalue weighted by Crippen LogP contribution is -2.25. The van der Waals surface area contributed by atoms with Gasteiger partial charge in [0, 0.05) is 12.4 Å². The summed E-state index contributed by atoms with van der Waals surface area (Å²) in [6.45, 7) is 2.75. The molecule has 2 aromatic rings. The first kappa shape index (κ1) is 16.6. The summed E-state index contributed by atoms with van der Waals surface area (Å²) < 4.78 is 1.78. The summed E-state index contributed by atoms with van der Waals surface area (Å²) in [6.07, 6.45) is 8.76. The maximum absolute atomic E-state index is 12.0. The van der Waals surface area contributed by atoms with Crippen LogP contribution in [0.5, 0.6) is 0 Å². The minimum Gasteiger partial charge on any atom is -0.481 e. The summed E-state index contributed by atoms with van der Waals surface area (Å²) in [6, 6.07) is 5.61. The van der Waals surface area contributed by atoms with Gasteiger partial charge in [-0.25, -0.2) is 9.97 Å². The molecule has 0 unspecified atom stereocenters. The molecule has 0 aliphatic heterocycles. The first-order valence-corrected chi connectivity index (χ1v) is 8.51. The normalized spacial score (nSPS) is 23.8. The van der Waals surface area contributed by atoms with E-state index in [1.807, 2.05) is 18.2 Å². The van der Waals surface area contributed by atoms with Crippen LogP contribution in [0.3, 0.4) is 0 Å². The van der Waals surface area contributed by atoms with Crippen molar-refractivity contribution in [3.63, 3.8) is 0 Å². The van der Waals surface area contributed by atoms with Crippen molar-refractivity contribution in [1.82, 2.24) is 14.5 Å². The van der Waals surface area contributed by atoms with Crippen LogP contribution in [0.4, 0.5) is 0 Å². The highest BCUT2D eigenvalue weighted by atomic mass is 16.4. The van der Waals surface area contributed by atoms with Gasteiger partial charge >= 0.3 is 5.97 Å². The van der Waals surface area contributed by atoms with Gasteiger partial charge in [-0.15, -0.1) is 0 Å². The molecule has 0 spiro atoms. The van der Waals surface area contributed by atoms with Crippen LogP contribution < -0.4 is 5.73 Å². The third-order valence-electron chi connectivity index (χ3n) is 5.09. The molecule has 1 fully saturated rings. The minimum absolute atomic E-state index is 0.113. The predicted octanol–water partition coefficient (Wildman–Crippen LogP) is 2.37. The second-order valence-electron chi connectivity index (χ2n) is 6.66. The van der Waals surface area contributed by atoms with Crippen molar-refractivity contribution >= 4 is 5.97 Å². The number of aromatic nitrogens is 3. The average Bonchev–Trinajstić information content (AvgIpc) is 3.11. The number of hydrogen-bond donors (Lipinski definition) is 2. The van der Waals surface area contributed by atoms with E-state index in [4.69, 9.17) is 5.73 Å². The molecule has 3 rings (SSSR count). The maximum atomic E-state index is 12.0. The molecule has 2 heterocycles. The lowest BCUT2D eigenvalue weighted by molar-refractivity contribution is -0.140. The summed E-state index contributed by atoms with van der Waals surface area (Å²) in [4.78, 5) is 20.6. The van der Waals surface area contributed by atoms with Gasteiger partial charge in [-0.2, -0.15) is 0 Å². The molecule has 0 aromatic carbocycles. The molecular weight excluding hydrogens is 304 g/mol. The zero-order valence-corrected chi connectivity index (χ0v) is 13.9. The molecule has 128 valence electrons. The quantitative estimate of drug-likeness (QED) is 0.776. The van der Waals surface area contributed by atoms with E-state index in [1.165, 1.54) is 0 Å². The molecule has 1 aliphatic carbocycles. The third kappa shape index (κ3) is 2.94. The Morgan fingerprint density at radius 2 is 2.33 bits per heavy atom. The van der Waals surface area contributed by atoms with Crippen LogP contribution >= 0.6 is 0 Å². The van der Waals surface area contributed by atoms with Gasteiger partial charge in [0.05, 0.1) is 5.69 Å². The average molecular weight is 328 g/mol. The molecule has 24 heavy (non-hydrogen) atoms. The number of nitrogens with two attached hydrogens (primary N) is 1.